The highest BCUT2D eigenvalue weighted by molar-refractivity contribution is 6.25. The standard InChI is InChI=1S/C29H33F3N6O12/c30-29(31,32)28(44)50-49-23(40)6-8-45-10-12-47-14-15-48-13-11-46-9-7-37-17-18(35-36-37)16-33-20-3-1-2-19-24(20)27(43)38(26(19)42)21-4-5-22(39)34-25(21)41/h1-3,17,21,33H,4-16H2,(H,34,39,41). The zero-order valence-corrected chi connectivity index (χ0v) is 26.4. The molecule has 1 aromatic carbocycles. The van der Waals surface area contributed by atoms with Crippen molar-refractivity contribution in [2.45, 2.75) is 44.6 Å². The van der Waals surface area contributed by atoms with E-state index in [4.69, 9.17) is 18.9 Å². The van der Waals surface area contributed by atoms with Gasteiger partial charge in [0.15, 0.2) is 0 Å². The van der Waals surface area contributed by atoms with E-state index in [9.17, 15) is 41.9 Å². The molecular weight excluding hydrogens is 681 g/mol. The van der Waals surface area contributed by atoms with Gasteiger partial charge in [-0.3, -0.25) is 29.4 Å². The second-order valence-corrected chi connectivity index (χ2v) is 10.5. The van der Waals surface area contributed by atoms with Gasteiger partial charge in [-0.1, -0.05) is 11.3 Å². The first-order valence-corrected chi connectivity index (χ1v) is 15.2. The molecule has 2 aromatic rings. The predicted octanol–water partition coefficient (Wildman–Crippen LogP) is 0.312. The molecule has 1 fully saturated rings. The van der Waals surface area contributed by atoms with Gasteiger partial charge in [-0.25, -0.2) is 24.0 Å². The fourth-order valence-corrected chi connectivity index (χ4v) is 4.63. The highest BCUT2D eigenvalue weighted by Crippen LogP contribution is 2.32. The van der Waals surface area contributed by atoms with Crippen LogP contribution in [0.2, 0.25) is 0 Å². The molecular formula is C29H33F3N6O12. The summed E-state index contributed by atoms with van der Waals surface area (Å²) in [5.74, 6) is -6.19. The minimum absolute atomic E-state index is 0.0279. The number of carbonyl (C=O) groups is 6. The molecule has 0 radical (unpaired) electrons. The number of hydrogen-bond donors (Lipinski definition) is 2. The Labute approximate surface area is 281 Å². The van der Waals surface area contributed by atoms with E-state index >= 15 is 0 Å². The number of amides is 4. The maximum absolute atomic E-state index is 13.2. The highest BCUT2D eigenvalue weighted by atomic mass is 19.4. The van der Waals surface area contributed by atoms with Crippen molar-refractivity contribution in [1.29, 1.82) is 0 Å². The SMILES string of the molecule is O=C1CCC(N2C(=O)c3cccc(NCc4cn(CCOCCOCCOCCOCCC(=O)OOC(=O)C(F)(F)F)nn4)c3C2=O)C(=O)N1. The number of benzene rings is 1. The lowest BCUT2D eigenvalue weighted by molar-refractivity contribution is -0.286. The van der Waals surface area contributed by atoms with E-state index in [-0.39, 0.29) is 63.5 Å². The second-order valence-electron chi connectivity index (χ2n) is 10.5. The van der Waals surface area contributed by atoms with E-state index in [2.05, 4.69) is 30.7 Å². The molecule has 1 unspecified atom stereocenters. The Morgan fingerprint density at radius 3 is 2.22 bits per heavy atom. The van der Waals surface area contributed by atoms with E-state index in [1.54, 1.807) is 23.0 Å². The average molecular weight is 715 g/mol. The van der Waals surface area contributed by atoms with Gasteiger partial charge in [0.25, 0.3) is 11.8 Å². The van der Waals surface area contributed by atoms with Crippen molar-refractivity contribution < 1.29 is 70.7 Å². The van der Waals surface area contributed by atoms with Gasteiger partial charge >= 0.3 is 18.1 Å². The lowest BCUT2D eigenvalue weighted by Gasteiger charge is -2.27. The zero-order chi connectivity index (χ0) is 36.1. The molecule has 0 aliphatic carbocycles. The van der Waals surface area contributed by atoms with Crippen LogP contribution in [0.3, 0.4) is 0 Å². The molecule has 0 bridgehead atoms. The predicted molar refractivity (Wildman–Crippen MR) is 157 cm³/mol. The normalized spacial score (nSPS) is 16.0. The van der Waals surface area contributed by atoms with Crippen LogP contribution in [0.15, 0.2) is 24.4 Å². The van der Waals surface area contributed by atoms with Gasteiger partial charge in [0.1, 0.15) is 11.7 Å². The van der Waals surface area contributed by atoms with Gasteiger partial charge in [-0.2, -0.15) is 13.2 Å². The van der Waals surface area contributed by atoms with E-state index in [0.29, 0.717) is 37.7 Å². The number of rotatable bonds is 19. The summed E-state index contributed by atoms with van der Waals surface area (Å²) in [6.07, 6.45) is -3.91. The number of fused-ring (bicyclic) bond motifs is 1. The van der Waals surface area contributed by atoms with Crippen LogP contribution >= 0.6 is 0 Å². The van der Waals surface area contributed by atoms with E-state index in [1.165, 1.54) is 6.07 Å². The number of imide groups is 2. The quantitative estimate of drug-likeness (QED) is 0.0867. The first-order chi connectivity index (χ1) is 24.0. The first-order valence-electron chi connectivity index (χ1n) is 15.2. The van der Waals surface area contributed by atoms with Crippen molar-refractivity contribution in [3.8, 4) is 0 Å². The molecule has 4 amide bonds. The maximum Gasteiger partial charge on any atom is 0.495 e. The average Bonchev–Trinajstić information content (AvgIpc) is 3.63. The summed E-state index contributed by atoms with van der Waals surface area (Å²) in [5, 5.41) is 13.4. The number of anilines is 1. The molecule has 272 valence electrons. The molecule has 18 nitrogen and oxygen atoms in total. The number of nitrogens with one attached hydrogen (secondary N) is 2. The Hall–Kier alpha value is -4.99. The molecule has 0 saturated carbocycles. The monoisotopic (exact) mass is 714 g/mol. The fraction of sp³-hybridized carbons (Fsp3) is 0.517. The molecule has 2 N–H and O–H groups in total. The Morgan fingerprint density at radius 2 is 1.56 bits per heavy atom. The topological polar surface area (TPSA) is 216 Å². The summed E-state index contributed by atoms with van der Waals surface area (Å²) in [6, 6.07) is 3.71. The first kappa shape index (κ1) is 37.8. The largest absolute Gasteiger partial charge is 0.495 e. The molecule has 2 aliphatic rings. The van der Waals surface area contributed by atoms with Crippen molar-refractivity contribution in [1.82, 2.24) is 25.2 Å². The minimum atomic E-state index is -5.27. The maximum atomic E-state index is 13.2. The van der Waals surface area contributed by atoms with Crippen LogP contribution < -0.4 is 10.6 Å². The van der Waals surface area contributed by atoms with Crippen LogP contribution in [0.25, 0.3) is 0 Å². The smallest absolute Gasteiger partial charge is 0.379 e. The summed E-state index contributed by atoms with van der Waals surface area (Å²) in [5.41, 5.74) is 1.26. The van der Waals surface area contributed by atoms with Gasteiger partial charge in [0.05, 0.1) is 89.7 Å². The summed E-state index contributed by atoms with van der Waals surface area (Å²) in [7, 11) is 0. The van der Waals surface area contributed by atoms with Crippen molar-refractivity contribution in [3.63, 3.8) is 0 Å². The van der Waals surface area contributed by atoms with Crippen LogP contribution in [0.1, 0.15) is 45.7 Å². The summed E-state index contributed by atoms with van der Waals surface area (Å²) < 4.78 is 58.6. The lowest BCUT2D eigenvalue weighted by atomic mass is 10.0. The molecule has 1 aromatic heterocycles. The fourth-order valence-electron chi connectivity index (χ4n) is 4.63. The van der Waals surface area contributed by atoms with Crippen molar-refractivity contribution in [3.05, 3.63) is 41.2 Å². The zero-order valence-electron chi connectivity index (χ0n) is 26.4. The summed E-state index contributed by atoms with van der Waals surface area (Å²) >= 11 is 0. The number of piperidine rings is 1. The highest BCUT2D eigenvalue weighted by Gasteiger charge is 2.46. The number of hydrogen-bond acceptors (Lipinski definition) is 15. The number of aromatic nitrogens is 3. The Balaban J connectivity index is 1.02. The van der Waals surface area contributed by atoms with Gasteiger partial charge in [-0.05, 0) is 18.6 Å². The third-order valence-corrected chi connectivity index (χ3v) is 6.99. The van der Waals surface area contributed by atoms with E-state index in [0.717, 1.165) is 4.90 Å². The van der Waals surface area contributed by atoms with Crippen LogP contribution in [0.4, 0.5) is 18.9 Å². The van der Waals surface area contributed by atoms with Crippen LogP contribution in [0, 0.1) is 0 Å². The van der Waals surface area contributed by atoms with E-state index < -0.39 is 54.2 Å². The van der Waals surface area contributed by atoms with Gasteiger partial charge in [0, 0.05) is 12.1 Å². The van der Waals surface area contributed by atoms with Gasteiger partial charge < -0.3 is 24.3 Å². The molecule has 3 heterocycles. The molecule has 2 aliphatic heterocycles. The molecule has 50 heavy (non-hydrogen) atoms. The van der Waals surface area contributed by atoms with Crippen molar-refractivity contribution in [2.75, 3.05) is 58.2 Å². The third-order valence-electron chi connectivity index (χ3n) is 6.99. The number of carbonyl (C=O) groups excluding carboxylic acids is 6. The van der Waals surface area contributed by atoms with Gasteiger partial charge in [0.2, 0.25) is 11.8 Å². The van der Waals surface area contributed by atoms with Crippen LogP contribution in [0.5, 0.6) is 0 Å². The van der Waals surface area contributed by atoms with Gasteiger partial charge in [-0.15, -0.1) is 5.10 Å². The molecule has 1 atom stereocenters. The lowest BCUT2D eigenvalue weighted by Crippen LogP contribution is -2.54. The number of ether oxygens (including phenoxy) is 4. The Bertz CT molecular complexity index is 1550. The summed E-state index contributed by atoms with van der Waals surface area (Å²) in [4.78, 5) is 79.7. The van der Waals surface area contributed by atoms with Crippen molar-refractivity contribution >= 4 is 41.3 Å². The molecule has 4 rings (SSSR count). The Kier molecular flexibility index (Phi) is 13.7. The van der Waals surface area contributed by atoms with E-state index in [1.807, 2.05) is 0 Å². The molecule has 1 saturated heterocycles. The summed E-state index contributed by atoms with van der Waals surface area (Å²) in [6.45, 7) is 2.15. The van der Waals surface area contributed by atoms with Crippen molar-refractivity contribution in [2.24, 2.45) is 0 Å². The molecule has 0 spiro atoms. The van der Waals surface area contributed by atoms with Crippen LogP contribution in [-0.2, 0) is 61.0 Å². The van der Waals surface area contributed by atoms with Crippen LogP contribution in [-0.4, -0.2) is 121 Å². The Morgan fingerprint density at radius 1 is 0.900 bits per heavy atom. The number of alkyl halides is 3. The third kappa shape index (κ3) is 10.8. The minimum Gasteiger partial charge on any atom is -0.379 e. The molecule has 21 heteroatoms. The number of nitrogens with zero attached hydrogens (tertiary/aromatic N) is 4. The second kappa shape index (κ2) is 18.1. The number of halogens is 3.